The van der Waals surface area contributed by atoms with Crippen LogP contribution in [0.4, 0.5) is 5.82 Å². The summed E-state index contributed by atoms with van der Waals surface area (Å²) in [5.41, 5.74) is 0. The lowest BCUT2D eigenvalue weighted by Gasteiger charge is -2.13. The fourth-order valence-corrected chi connectivity index (χ4v) is 2.13. The number of aromatic nitrogens is 2. The molecule has 17 heavy (non-hydrogen) atoms. The lowest BCUT2D eigenvalue weighted by atomic mass is 10.2. The van der Waals surface area contributed by atoms with Crippen LogP contribution in [0.2, 0.25) is 0 Å². The van der Waals surface area contributed by atoms with Gasteiger partial charge in [0.2, 0.25) is 5.91 Å². The summed E-state index contributed by atoms with van der Waals surface area (Å²) in [5.74, 6) is 2.37. The van der Waals surface area contributed by atoms with Crippen LogP contribution in [0.5, 0.6) is 0 Å². The minimum absolute atomic E-state index is 0.123. The number of likely N-dealkylation sites (tertiary alicyclic amines) is 1. The molecule has 0 aromatic carbocycles. The molecule has 3 rings (SSSR count). The standard InChI is InChI=1S/C12H16N4O/c1-16-7-5-9(12(16)17)14-10-4-6-13-11(15-10)8-2-3-8/h4,6,8-9H,2-3,5,7H2,1H3,(H,13,14,15). The fraction of sp³-hybridized carbons (Fsp3) is 0.583. The first-order valence-corrected chi connectivity index (χ1v) is 6.08. The summed E-state index contributed by atoms with van der Waals surface area (Å²) in [6.07, 6.45) is 4.99. The molecule has 2 heterocycles. The highest BCUT2D eigenvalue weighted by molar-refractivity contribution is 5.86. The van der Waals surface area contributed by atoms with E-state index < -0.39 is 0 Å². The van der Waals surface area contributed by atoms with E-state index in [2.05, 4.69) is 15.3 Å². The van der Waals surface area contributed by atoms with E-state index >= 15 is 0 Å². The normalized spacial score (nSPS) is 24.2. The van der Waals surface area contributed by atoms with Crippen molar-refractivity contribution in [2.45, 2.75) is 31.2 Å². The number of carbonyl (C=O) groups excluding carboxylic acids is 1. The molecule has 5 nitrogen and oxygen atoms in total. The number of nitrogens with one attached hydrogen (secondary N) is 1. The van der Waals surface area contributed by atoms with Gasteiger partial charge in [0.1, 0.15) is 17.7 Å². The molecular weight excluding hydrogens is 216 g/mol. The molecule has 1 saturated carbocycles. The van der Waals surface area contributed by atoms with Gasteiger partial charge in [0, 0.05) is 25.7 Å². The van der Waals surface area contributed by atoms with Crippen LogP contribution in [0, 0.1) is 0 Å². The summed E-state index contributed by atoms with van der Waals surface area (Å²) in [7, 11) is 1.83. The van der Waals surface area contributed by atoms with Crippen LogP contribution in [0.3, 0.4) is 0 Å². The summed E-state index contributed by atoms with van der Waals surface area (Å²) >= 11 is 0. The number of hydrogen-bond donors (Lipinski definition) is 1. The molecular formula is C12H16N4O. The topological polar surface area (TPSA) is 58.1 Å². The van der Waals surface area contributed by atoms with Gasteiger partial charge in [-0.15, -0.1) is 0 Å². The summed E-state index contributed by atoms with van der Waals surface area (Å²) in [4.78, 5) is 22.2. The van der Waals surface area contributed by atoms with Crippen LogP contribution in [0.15, 0.2) is 12.3 Å². The van der Waals surface area contributed by atoms with E-state index in [1.165, 1.54) is 12.8 Å². The Kier molecular flexibility index (Phi) is 2.46. The maximum Gasteiger partial charge on any atom is 0.244 e. The van der Waals surface area contributed by atoms with Gasteiger partial charge < -0.3 is 10.2 Å². The van der Waals surface area contributed by atoms with Crippen LogP contribution < -0.4 is 5.32 Å². The number of amides is 1. The molecule has 1 atom stereocenters. The first kappa shape index (κ1) is 10.5. The van der Waals surface area contributed by atoms with Gasteiger partial charge in [-0.05, 0) is 25.3 Å². The Morgan fingerprint density at radius 3 is 2.88 bits per heavy atom. The Hall–Kier alpha value is -1.65. The number of anilines is 1. The zero-order chi connectivity index (χ0) is 11.8. The second kappa shape index (κ2) is 3.98. The van der Waals surface area contributed by atoms with Crippen molar-refractivity contribution in [3.8, 4) is 0 Å². The van der Waals surface area contributed by atoms with E-state index in [-0.39, 0.29) is 11.9 Å². The third kappa shape index (κ3) is 2.09. The molecule has 1 aliphatic heterocycles. The molecule has 0 radical (unpaired) electrons. The zero-order valence-corrected chi connectivity index (χ0v) is 9.89. The highest BCUT2D eigenvalue weighted by Gasteiger charge is 2.30. The Balaban J connectivity index is 1.72. The predicted octanol–water partition coefficient (Wildman–Crippen LogP) is 0.997. The molecule has 1 saturated heterocycles. The second-order valence-corrected chi connectivity index (χ2v) is 4.82. The van der Waals surface area contributed by atoms with Crippen LogP contribution >= 0.6 is 0 Å². The first-order valence-electron chi connectivity index (χ1n) is 6.08. The van der Waals surface area contributed by atoms with Crippen LogP contribution in [0.1, 0.15) is 31.0 Å². The van der Waals surface area contributed by atoms with Crippen LogP contribution in [-0.4, -0.2) is 40.4 Å². The third-order valence-electron chi connectivity index (χ3n) is 3.37. The Labute approximate surface area is 100 Å². The third-order valence-corrected chi connectivity index (χ3v) is 3.37. The van der Waals surface area contributed by atoms with Crippen molar-refractivity contribution in [1.82, 2.24) is 14.9 Å². The molecule has 90 valence electrons. The van der Waals surface area contributed by atoms with Crippen molar-refractivity contribution in [2.24, 2.45) is 0 Å². The molecule has 1 N–H and O–H groups in total. The lowest BCUT2D eigenvalue weighted by molar-refractivity contribution is -0.127. The molecule has 1 aliphatic carbocycles. The van der Waals surface area contributed by atoms with Gasteiger partial charge in [-0.25, -0.2) is 9.97 Å². The SMILES string of the molecule is CN1CCC(Nc2ccnc(C3CC3)n2)C1=O. The highest BCUT2D eigenvalue weighted by Crippen LogP contribution is 2.38. The van der Waals surface area contributed by atoms with Crippen molar-refractivity contribution in [3.63, 3.8) is 0 Å². The molecule has 1 unspecified atom stereocenters. The summed E-state index contributed by atoms with van der Waals surface area (Å²) in [6, 6.07) is 1.71. The molecule has 1 aromatic rings. The van der Waals surface area contributed by atoms with E-state index in [0.717, 1.165) is 24.6 Å². The minimum atomic E-state index is -0.123. The van der Waals surface area contributed by atoms with E-state index in [1.54, 1.807) is 11.1 Å². The first-order chi connectivity index (χ1) is 8.24. The average Bonchev–Trinajstić information content (AvgIpc) is 3.13. The second-order valence-electron chi connectivity index (χ2n) is 4.82. The highest BCUT2D eigenvalue weighted by atomic mass is 16.2. The maximum atomic E-state index is 11.8. The smallest absolute Gasteiger partial charge is 0.244 e. The lowest BCUT2D eigenvalue weighted by Crippen LogP contribution is -2.31. The Morgan fingerprint density at radius 1 is 1.41 bits per heavy atom. The summed E-state index contributed by atoms with van der Waals surface area (Å²) in [6.45, 7) is 0.817. The summed E-state index contributed by atoms with van der Waals surface area (Å²) in [5, 5.41) is 3.20. The Bertz CT molecular complexity index is 444. The van der Waals surface area contributed by atoms with Gasteiger partial charge in [-0.2, -0.15) is 0 Å². The van der Waals surface area contributed by atoms with Crippen LogP contribution in [-0.2, 0) is 4.79 Å². The summed E-state index contributed by atoms with van der Waals surface area (Å²) < 4.78 is 0. The van der Waals surface area contributed by atoms with Crippen molar-refractivity contribution in [2.75, 3.05) is 18.9 Å². The zero-order valence-electron chi connectivity index (χ0n) is 9.89. The van der Waals surface area contributed by atoms with Gasteiger partial charge >= 0.3 is 0 Å². The van der Waals surface area contributed by atoms with Gasteiger partial charge in [0.25, 0.3) is 0 Å². The van der Waals surface area contributed by atoms with Crippen molar-refractivity contribution in [3.05, 3.63) is 18.1 Å². The van der Waals surface area contributed by atoms with E-state index in [0.29, 0.717) is 5.92 Å². The monoisotopic (exact) mass is 232 g/mol. The number of carbonyl (C=O) groups is 1. The minimum Gasteiger partial charge on any atom is -0.358 e. The molecule has 0 bridgehead atoms. The van der Waals surface area contributed by atoms with E-state index in [1.807, 2.05) is 13.1 Å². The molecule has 2 fully saturated rings. The molecule has 1 amide bonds. The Morgan fingerprint density at radius 2 is 2.24 bits per heavy atom. The van der Waals surface area contributed by atoms with E-state index in [9.17, 15) is 4.79 Å². The maximum absolute atomic E-state index is 11.8. The predicted molar refractivity (Wildman–Crippen MR) is 63.7 cm³/mol. The number of likely N-dealkylation sites (N-methyl/N-ethyl adjacent to an activating group) is 1. The van der Waals surface area contributed by atoms with Crippen molar-refractivity contribution < 1.29 is 4.79 Å². The van der Waals surface area contributed by atoms with Gasteiger partial charge in [0.05, 0.1) is 0 Å². The molecule has 0 spiro atoms. The largest absolute Gasteiger partial charge is 0.358 e. The van der Waals surface area contributed by atoms with Crippen LogP contribution in [0.25, 0.3) is 0 Å². The average molecular weight is 232 g/mol. The molecule has 5 heteroatoms. The quantitative estimate of drug-likeness (QED) is 0.844. The number of hydrogen-bond acceptors (Lipinski definition) is 4. The number of nitrogens with zero attached hydrogens (tertiary/aromatic N) is 3. The van der Waals surface area contributed by atoms with Gasteiger partial charge in [-0.3, -0.25) is 4.79 Å². The molecule has 2 aliphatic rings. The van der Waals surface area contributed by atoms with E-state index in [4.69, 9.17) is 0 Å². The van der Waals surface area contributed by atoms with Crippen molar-refractivity contribution in [1.29, 1.82) is 0 Å². The van der Waals surface area contributed by atoms with Crippen molar-refractivity contribution >= 4 is 11.7 Å². The molecule has 1 aromatic heterocycles. The number of rotatable bonds is 3. The van der Waals surface area contributed by atoms with Gasteiger partial charge in [-0.1, -0.05) is 0 Å². The van der Waals surface area contributed by atoms with Gasteiger partial charge in [0.15, 0.2) is 0 Å². The fourth-order valence-electron chi connectivity index (χ4n) is 2.13.